The summed E-state index contributed by atoms with van der Waals surface area (Å²) in [6, 6.07) is 3.05. The molecule has 2 unspecified atom stereocenters. The van der Waals surface area contributed by atoms with Crippen LogP contribution in [0.2, 0.25) is 0 Å². The lowest BCUT2D eigenvalue weighted by Crippen LogP contribution is -2.46. The van der Waals surface area contributed by atoms with Crippen molar-refractivity contribution >= 4 is 0 Å². The minimum atomic E-state index is -0.364. The van der Waals surface area contributed by atoms with Gasteiger partial charge in [-0.1, -0.05) is 0 Å². The van der Waals surface area contributed by atoms with Gasteiger partial charge in [-0.05, 0) is 66.8 Å². The van der Waals surface area contributed by atoms with Crippen LogP contribution in [0.5, 0.6) is 0 Å². The van der Waals surface area contributed by atoms with Gasteiger partial charge in [0.25, 0.3) is 0 Å². The minimum absolute atomic E-state index is 0.364. The number of nitriles is 1. The molecule has 0 amide bonds. The fraction of sp³-hybridized carbons (Fsp3) is 0.929. The first-order chi connectivity index (χ1) is 8.50. The Labute approximate surface area is 112 Å². The molecule has 4 nitrogen and oxygen atoms in total. The van der Waals surface area contributed by atoms with Crippen LogP contribution in [0.1, 0.15) is 32.6 Å². The van der Waals surface area contributed by atoms with Crippen LogP contribution >= 0.6 is 0 Å². The third kappa shape index (κ3) is 4.56. The molecule has 1 aliphatic rings. The highest BCUT2D eigenvalue weighted by atomic mass is 15.2. The number of piperidine rings is 1. The van der Waals surface area contributed by atoms with E-state index < -0.39 is 0 Å². The van der Waals surface area contributed by atoms with Crippen LogP contribution in [-0.4, -0.2) is 62.2 Å². The lowest BCUT2D eigenvalue weighted by atomic mass is 9.97. The van der Waals surface area contributed by atoms with Gasteiger partial charge in [0.1, 0.15) is 5.54 Å². The second-order valence-electron chi connectivity index (χ2n) is 5.86. The summed E-state index contributed by atoms with van der Waals surface area (Å²) < 4.78 is 0. The molecule has 1 aliphatic heterocycles. The van der Waals surface area contributed by atoms with E-state index in [0.717, 1.165) is 19.4 Å². The van der Waals surface area contributed by atoms with Gasteiger partial charge in [-0.25, -0.2) is 0 Å². The first kappa shape index (κ1) is 15.4. The second kappa shape index (κ2) is 7.08. The zero-order valence-corrected chi connectivity index (χ0v) is 12.4. The van der Waals surface area contributed by atoms with Crippen molar-refractivity contribution in [3.8, 4) is 6.07 Å². The number of nitrogens with one attached hydrogen (secondary N) is 1. The highest BCUT2D eigenvalue weighted by molar-refractivity contribution is 5.02. The molecule has 0 radical (unpaired) electrons. The van der Waals surface area contributed by atoms with Gasteiger partial charge < -0.3 is 15.1 Å². The lowest BCUT2D eigenvalue weighted by Gasteiger charge is -2.36. The Morgan fingerprint density at radius 2 is 2.22 bits per heavy atom. The fourth-order valence-electron chi connectivity index (χ4n) is 2.55. The van der Waals surface area contributed by atoms with E-state index in [-0.39, 0.29) is 5.54 Å². The number of likely N-dealkylation sites (N-methyl/N-ethyl adjacent to an activating group) is 1. The van der Waals surface area contributed by atoms with E-state index in [0.29, 0.717) is 6.04 Å². The molecular formula is C14H28N4. The number of likely N-dealkylation sites (tertiary alicyclic amines) is 1. The monoisotopic (exact) mass is 252 g/mol. The molecule has 0 aromatic carbocycles. The average molecular weight is 252 g/mol. The molecular weight excluding hydrogens is 224 g/mol. The van der Waals surface area contributed by atoms with Gasteiger partial charge in [-0.3, -0.25) is 0 Å². The van der Waals surface area contributed by atoms with E-state index in [4.69, 9.17) is 5.26 Å². The van der Waals surface area contributed by atoms with Crippen molar-refractivity contribution in [2.75, 3.05) is 40.8 Å². The summed E-state index contributed by atoms with van der Waals surface area (Å²) in [5.74, 6) is 0. The van der Waals surface area contributed by atoms with Crippen molar-refractivity contribution in [2.45, 2.75) is 44.2 Å². The van der Waals surface area contributed by atoms with Crippen LogP contribution in [0, 0.1) is 11.3 Å². The van der Waals surface area contributed by atoms with Gasteiger partial charge in [0, 0.05) is 12.6 Å². The van der Waals surface area contributed by atoms with Crippen LogP contribution < -0.4 is 5.32 Å². The molecule has 104 valence electrons. The third-order valence-electron chi connectivity index (χ3n) is 4.16. The molecule has 1 N–H and O–H groups in total. The largest absolute Gasteiger partial charge is 0.305 e. The number of hydrogen-bond acceptors (Lipinski definition) is 4. The van der Waals surface area contributed by atoms with Gasteiger partial charge in [0.05, 0.1) is 6.07 Å². The van der Waals surface area contributed by atoms with E-state index in [1.54, 1.807) is 0 Å². The number of nitrogens with zero attached hydrogens (tertiary/aromatic N) is 3. The number of rotatable bonds is 6. The minimum Gasteiger partial charge on any atom is -0.305 e. The molecule has 0 aliphatic carbocycles. The van der Waals surface area contributed by atoms with Crippen LogP contribution in [0.4, 0.5) is 0 Å². The van der Waals surface area contributed by atoms with Gasteiger partial charge >= 0.3 is 0 Å². The summed E-state index contributed by atoms with van der Waals surface area (Å²) in [6.07, 6.45) is 4.62. The molecule has 0 bridgehead atoms. The summed E-state index contributed by atoms with van der Waals surface area (Å²) >= 11 is 0. The maximum atomic E-state index is 9.10. The first-order valence-electron chi connectivity index (χ1n) is 6.99. The zero-order valence-electron chi connectivity index (χ0n) is 12.4. The lowest BCUT2D eigenvalue weighted by molar-refractivity contribution is 0.130. The van der Waals surface area contributed by atoms with Crippen molar-refractivity contribution in [1.29, 1.82) is 5.26 Å². The third-order valence-corrected chi connectivity index (χ3v) is 4.16. The average Bonchev–Trinajstić information content (AvgIpc) is 2.39. The van der Waals surface area contributed by atoms with E-state index in [1.807, 2.05) is 14.0 Å². The summed E-state index contributed by atoms with van der Waals surface area (Å²) in [7, 11) is 6.20. The van der Waals surface area contributed by atoms with Crippen LogP contribution in [0.3, 0.4) is 0 Å². The van der Waals surface area contributed by atoms with Gasteiger partial charge in [0.2, 0.25) is 0 Å². The van der Waals surface area contributed by atoms with E-state index in [9.17, 15) is 0 Å². The van der Waals surface area contributed by atoms with Crippen molar-refractivity contribution in [2.24, 2.45) is 0 Å². The molecule has 1 fully saturated rings. The summed E-state index contributed by atoms with van der Waals surface area (Å²) in [5, 5.41) is 12.2. The molecule has 0 aromatic rings. The Balaban J connectivity index is 2.29. The highest BCUT2D eigenvalue weighted by Gasteiger charge is 2.23. The molecule has 1 saturated heterocycles. The normalized spacial score (nSPS) is 24.8. The summed E-state index contributed by atoms with van der Waals surface area (Å²) in [5.41, 5.74) is -0.364. The van der Waals surface area contributed by atoms with E-state index in [2.05, 4.69) is 35.3 Å². The topological polar surface area (TPSA) is 42.3 Å². The van der Waals surface area contributed by atoms with Crippen LogP contribution in [-0.2, 0) is 0 Å². The Morgan fingerprint density at radius 1 is 1.50 bits per heavy atom. The maximum absolute atomic E-state index is 9.10. The van der Waals surface area contributed by atoms with Gasteiger partial charge in [-0.15, -0.1) is 0 Å². The van der Waals surface area contributed by atoms with Gasteiger partial charge in [-0.2, -0.15) is 5.26 Å². The fourth-order valence-corrected chi connectivity index (χ4v) is 2.55. The van der Waals surface area contributed by atoms with Crippen LogP contribution in [0.15, 0.2) is 0 Å². The van der Waals surface area contributed by atoms with Gasteiger partial charge in [0.15, 0.2) is 0 Å². The van der Waals surface area contributed by atoms with Crippen molar-refractivity contribution in [1.82, 2.24) is 15.1 Å². The van der Waals surface area contributed by atoms with Crippen molar-refractivity contribution < 1.29 is 0 Å². The Kier molecular flexibility index (Phi) is 6.07. The van der Waals surface area contributed by atoms with Crippen molar-refractivity contribution in [3.05, 3.63) is 0 Å². The molecule has 0 spiro atoms. The molecule has 1 rings (SSSR count). The predicted molar refractivity (Wildman–Crippen MR) is 75.5 cm³/mol. The first-order valence-corrected chi connectivity index (χ1v) is 6.99. The Morgan fingerprint density at radius 3 is 2.78 bits per heavy atom. The summed E-state index contributed by atoms with van der Waals surface area (Å²) in [6.45, 7) is 5.48. The Hall–Kier alpha value is -0.630. The predicted octanol–water partition coefficient (Wildman–Crippen LogP) is 1.29. The molecule has 4 heteroatoms. The molecule has 0 saturated carbocycles. The van der Waals surface area contributed by atoms with Crippen LogP contribution in [0.25, 0.3) is 0 Å². The summed E-state index contributed by atoms with van der Waals surface area (Å²) in [4.78, 5) is 4.88. The molecule has 1 heterocycles. The standard InChI is InChI=1S/C14H28N4/c1-14(12-15,16-2)8-6-10-18-9-5-7-13(11-18)17(3)4/h13,16H,5-11H2,1-4H3. The Bertz CT molecular complexity index is 284. The van der Waals surface area contributed by atoms with E-state index in [1.165, 1.54) is 25.9 Å². The zero-order chi connectivity index (χ0) is 13.6. The molecule has 0 aromatic heterocycles. The SMILES string of the molecule is CNC(C)(C#N)CCCN1CCCC(N(C)C)C1. The maximum Gasteiger partial charge on any atom is 0.103 e. The molecule has 2 atom stereocenters. The quantitative estimate of drug-likeness (QED) is 0.773. The van der Waals surface area contributed by atoms with E-state index >= 15 is 0 Å². The molecule has 18 heavy (non-hydrogen) atoms. The van der Waals surface area contributed by atoms with Crippen molar-refractivity contribution in [3.63, 3.8) is 0 Å². The smallest absolute Gasteiger partial charge is 0.103 e. The number of hydrogen-bond donors (Lipinski definition) is 1. The second-order valence-corrected chi connectivity index (χ2v) is 5.86. The highest BCUT2D eigenvalue weighted by Crippen LogP contribution is 2.16.